The number of amides is 1. The van der Waals surface area contributed by atoms with Crippen LogP contribution in [0.2, 0.25) is 0 Å². The second-order valence-corrected chi connectivity index (χ2v) is 7.28. The molecule has 5 heteroatoms. The Morgan fingerprint density at radius 1 is 0.933 bits per heavy atom. The molecular formula is C25H24N4O. The van der Waals surface area contributed by atoms with E-state index in [-0.39, 0.29) is 5.91 Å². The van der Waals surface area contributed by atoms with Gasteiger partial charge in [0.25, 0.3) is 0 Å². The van der Waals surface area contributed by atoms with Gasteiger partial charge in [-0.15, -0.1) is 0 Å². The van der Waals surface area contributed by atoms with Gasteiger partial charge in [-0.3, -0.25) is 9.69 Å². The van der Waals surface area contributed by atoms with Crippen LogP contribution in [-0.2, 0) is 11.3 Å². The van der Waals surface area contributed by atoms with Gasteiger partial charge in [0.1, 0.15) is 6.04 Å². The molecule has 1 unspecified atom stereocenters. The molecule has 4 rings (SSSR count). The molecule has 30 heavy (non-hydrogen) atoms. The predicted octanol–water partition coefficient (Wildman–Crippen LogP) is 4.20. The lowest BCUT2D eigenvalue weighted by molar-refractivity contribution is -0.123. The van der Waals surface area contributed by atoms with Crippen molar-refractivity contribution in [3.8, 4) is 16.9 Å². The molecule has 2 N–H and O–H groups in total. The maximum atomic E-state index is 12.3. The normalized spacial score (nSPS) is 12.1. The second-order valence-electron chi connectivity index (χ2n) is 7.28. The Labute approximate surface area is 176 Å². The number of primary amides is 1. The van der Waals surface area contributed by atoms with Gasteiger partial charge in [-0.25, -0.2) is 4.68 Å². The molecule has 1 heterocycles. The fourth-order valence-electron chi connectivity index (χ4n) is 3.71. The highest BCUT2D eigenvalue weighted by Gasteiger charge is 2.24. The van der Waals surface area contributed by atoms with Gasteiger partial charge in [0.15, 0.2) is 0 Å². The van der Waals surface area contributed by atoms with Crippen LogP contribution in [0.1, 0.15) is 17.2 Å². The highest BCUT2D eigenvalue weighted by molar-refractivity contribution is 5.81. The summed E-state index contributed by atoms with van der Waals surface area (Å²) >= 11 is 0. The van der Waals surface area contributed by atoms with Gasteiger partial charge in [0.2, 0.25) is 5.91 Å². The lowest BCUT2D eigenvalue weighted by Gasteiger charge is -2.25. The molecule has 0 radical (unpaired) electrons. The number of likely N-dealkylation sites (N-methyl/N-ethyl adjacent to an activating group) is 1. The summed E-state index contributed by atoms with van der Waals surface area (Å²) in [7, 11) is 1.91. The van der Waals surface area contributed by atoms with Gasteiger partial charge in [-0.1, -0.05) is 78.9 Å². The van der Waals surface area contributed by atoms with E-state index in [0.717, 1.165) is 28.1 Å². The smallest absolute Gasteiger partial charge is 0.239 e. The summed E-state index contributed by atoms with van der Waals surface area (Å²) in [6.45, 7) is 0.527. The fourth-order valence-corrected chi connectivity index (χ4v) is 3.71. The standard InChI is InChI=1S/C25H24N4O/c1-28(24(25(26)30)20-13-7-3-8-14-20)17-21-18-29(22-15-9-4-10-16-22)27-23(21)19-11-5-2-6-12-19/h2-16,18,24H,17H2,1H3,(H2,26,30). The zero-order valence-electron chi connectivity index (χ0n) is 16.8. The van der Waals surface area contributed by atoms with Crippen LogP contribution < -0.4 is 5.73 Å². The number of carbonyl (C=O) groups is 1. The molecule has 1 aromatic heterocycles. The Bertz CT molecular complexity index is 1110. The van der Waals surface area contributed by atoms with Crippen LogP contribution >= 0.6 is 0 Å². The number of rotatable bonds is 7. The van der Waals surface area contributed by atoms with E-state index in [4.69, 9.17) is 10.8 Å². The number of carbonyl (C=O) groups excluding carboxylic acids is 1. The molecule has 0 spiro atoms. The minimum absolute atomic E-state index is 0.375. The number of aromatic nitrogens is 2. The van der Waals surface area contributed by atoms with Crippen molar-refractivity contribution in [2.24, 2.45) is 5.73 Å². The molecule has 5 nitrogen and oxygen atoms in total. The van der Waals surface area contributed by atoms with E-state index in [1.54, 1.807) is 0 Å². The van der Waals surface area contributed by atoms with E-state index in [1.807, 2.05) is 114 Å². The summed E-state index contributed by atoms with van der Waals surface area (Å²) in [4.78, 5) is 14.2. The van der Waals surface area contributed by atoms with Crippen LogP contribution in [0.5, 0.6) is 0 Å². The van der Waals surface area contributed by atoms with Crippen LogP contribution in [-0.4, -0.2) is 27.6 Å². The van der Waals surface area contributed by atoms with Crippen molar-refractivity contribution in [2.75, 3.05) is 7.05 Å². The van der Waals surface area contributed by atoms with E-state index in [2.05, 4.69) is 0 Å². The molecular weight excluding hydrogens is 372 g/mol. The number of benzene rings is 3. The number of nitrogens with two attached hydrogens (primary N) is 1. The number of nitrogens with zero attached hydrogens (tertiary/aromatic N) is 3. The Kier molecular flexibility index (Phi) is 5.72. The van der Waals surface area contributed by atoms with Gasteiger partial charge < -0.3 is 5.73 Å². The highest BCUT2D eigenvalue weighted by Crippen LogP contribution is 2.27. The SMILES string of the molecule is CN(Cc1cn(-c2ccccc2)nc1-c1ccccc1)C(C(N)=O)c1ccccc1. The van der Waals surface area contributed by atoms with Crippen LogP contribution in [0, 0.1) is 0 Å². The minimum Gasteiger partial charge on any atom is -0.368 e. The Hall–Kier alpha value is -3.70. The molecule has 0 saturated carbocycles. The molecule has 3 aromatic carbocycles. The number of hydrogen-bond acceptors (Lipinski definition) is 3. The summed E-state index contributed by atoms with van der Waals surface area (Å²) in [6.07, 6.45) is 2.03. The molecule has 0 bridgehead atoms. The predicted molar refractivity (Wildman–Crippen MR) is 119 cm³/mol. The van der Waals surface area contributed by atoms with Crippen molar-refractivity contribution in [1.82, 2.24) is 14.7 Å². The third-order valence-corrected chi connectivity index (χ3v) is 5.10. The average Bonchev–Trinajstić information content (AvgIpc) is 3.19. The van der Waals surface area contributed by atoms with Crippen LogP contribution in [0.4, 0.5) is 0 Å². The molecule has 0 aliphatic rings. The van der Waals surface area contributed by atoms with Crippen LogP contribution in [0.15, 0.2) is 97.2 Å². The first-order chi connectivity index (χ1) is 14.6. The lowest BCUT2D eigenvalue weighted by Crippen LogP contribution is -2.35. The summed E-state index contributed by atoms with van der Waals surface area (Å²) in [5.74, 6) is -0.375. The third-order valence-electron chi connectivity index (χ3n) is 5.10. The van der Waals surface area contributed by atoms with E-state index in [1.165, 1.54) is 0 Å². The van der Waals surface area contributed by atoms with E-state index < -0.39 is 6.04 Å². The molecule has 1 atom stereocenters. The third kappa shape index (κ3) is 4.16. The van der Waals surface area contributed by atoms with E-state index >= 15 is 0 Å². The number of para-hydroxylation sites is 1. The van der Waals surface area contributed by atoms with Gasteiger partial charge >= 0.3 is 0 Å². The molecule has 0 fully saturated rings. The van der Waals surface area contributed by atoms with E-state index in [9.17, 15) is 4.79 Å². The maximum Gasteiger partial charge on any atom is 0.239 e. The summed E-state index contributed by atoms with van der Waals surface area (Å²) in [5.41, 5.74) is 10.6. The molecule has 0 aliphatic carbocycles. The van der Waals surface area contributed by atoms with Gasteiger partial charge in [0.05, 0.1) is 11.4 Å². The van der Waals surface area contributed by atoms with Gasteiger partial charge in [0, 0.05) is 23.9 Å². The fraction of sp³-hybridized carbons (Fsp3) is 0.120. The Morgan fingerprint density at radius 2 is 1.50 bits per heavy atom. The van der Waals surface area contributed by atoms with Crippen molar-refractivity contribution < 1.29 is 4.79 Å². The lowest BCUT2D eigenvalue weighted by atomic mass is 10.0. The molecule has 0 saturated heterocycles. The monoisotopic (exact) mass is 396 g/mol. The van der Waals surface area contributed by atoms with Crippen molar-refractivity contribution in [3.63, 3.8) is 0 Å². The van der Waals surface area contributed by atoms with Crippen molar-refractivity contribution in [1.29, 1.82) is 0 Å². The van der Waals surface area contributed by atoms with Crippen molar-refractivity contribution >= 4 is 5.91 Å². The molecule has 1 amide bonds. The topological polar surface area (TPSA) is 64.2 Å². The van der Waals surface area contributed by atoms with Crippen LogP contribution in [0.3, 0.4) is 0 Å². The molecule has 0 aliphatic heterocycles. The minimum atomic E-state index is -0.519. The Morgan fingerprint density at radius 3 is 2.10 bits per heavy atom. The average molecular weight is 396 g/mol. The van der Waals surface area contributed by atoms with Crippen molar-refractivity contribution in [2.45, 2.75) is 12.6 Å². The van der Waals surface area contributed by atoms with Crippen LogP contribution in [0.25, 0.3) is 16.9 Å². The first-order valence-corrected chi connectivity index (χ1v) is 9.87. The molecule has 150 valence electrons. The van der Waals surface area contributed by atoms with Gasteiger partial charge in [-0.2, -0.15) is 5.10 Å². The Balaban J connectivity index is 1.72. The summed E-state index contributed by atoms with van der Waals surface area (Å²) in [5, 5.41) is 4.85. The zero-order valence-corrected chi connectivity index (χ0v) is 16.8. The summed E-state index contributed by atoms with van der Waals surface area (Å²) < 4.78 is 1.88. The van der Waals surface area contributed by atoms with E-state index in [0.29, 0.717) is 6.54 Å². The quantitative estimate of drug-likeness (QED) is 0.509. The van der Waals surface area contributed by atoms with Crippen molar-refractivity contribution in [3.05, 3.63) is 108 Å². The number of hydrogen-bond donors (Lipinski definition) is 1. The maximum absolute atomic E-state index is 12.3. The largest absolute Gasteiger partial charge is 0.368 e. The highest BCUT2D eigenvalue weighted by atomic mass is 16.1. The first kappa shape index (κ1) is 19.6. The van der Waals surface area contributed by atoms with Gasteiger partial charge in [-0.05, 0) is 24.7 Å². The summed E-state index contributed by atoms with van der Waals surface area (Å²) in [6, 6.07) is 29.2. The molecule has 4 aromatic rings. The zero-order chi connectivity index (χ0) is 20.9. The first-order valence-electron chi connectivity index (χ1n) is 9.87. The second kappa shape index (κ2) is 8.76.